The summed E-state index contributed by atoms with van der Waals surface area (Å²) in [6, 6.07) is 0.750. The van der Waals surface area contributed by atoms with Crippen LogP contribution in [0.4, 0.5) is 0 Å². The molecule has 1 aliphatic rings. The second-order valence-corrected chi connectivity index (χ2v) is 4.57. The number of carbonyl (C=O) groups is 1. The van der Waals surface area contributed by atoms with E-state index in [-0.39, 0.29) is 5.92 Å². The summed E-state index contributed by atoms with van der Waals surface area (Å²) in [5.74, 6) is 0.523. The lowest BCUT2D eigenvalue weighted by atomic mass is 9.96. The summed E-state index contributed by atoms with van der Waals surface area (Å²) in [5.41, 5.74) is 0. The maximum Gasteiger partial charge on any atom is 0.227 e. The van der Waals surface area contributed by atoms with E-state index in [2.05, 4.69) is 26.1 Å². The first-order chi connectivity index (χ1) is 7.11. The largest absolute Gasteiger partial charge is 0.343 e. The van der Waals surface area contributed by atoms with Crippen LogP contribution in [0.1, 0.15) is 40.0 Å². The van der Waals surface area contributed by atoms with Gasteiger partial charge < -0.3 is 10.2 Å². The van der Waals surface area contributed by atoms with Crippen molar-refractivity contribution in [2.75, 3.05) is 13.6 Å². The SMILES string of the molecule is CCC1NCCC1C(=O)N(C)C(C)CC. The molecule has 0 spiro atoms. The van der Waals surface area contributed by atoms with Gasteiger partial charge in [-0.15, -0.1) is 0 Å². The maximum absolute atomic E-state index is 12.2. The molecule has 1 rings (SSSR count). The van der Waals surface area contributed by atoms with Gasteiger partial charge in [-0.2, -0.15) is 0 Å². The number of nitrogens with zero attached hydrogens (tertiary/aromatic N) is 1. The monoisotopic (exact) mass is 212 g/mol. The summed E-state index contributed by atoms with van der Waals surface area (Å²) >= 11 is 0. The Labute approximate surface area is 93.2 Å². The lowest BCUT2D eigenvalue weighted by molar-refractivity contribution is -0.136. The van der Waals surface area contributed by atoms with Crippen LogP contribution in [0.25, 0.3) is 0 Å². The number of hydrogen-bond acceptors (Lipinski definition) is 2. The van der Waals surface area contributed by atoms with Gasteiger partial charge in [-0.1, -0.05) is 13.8 Å². The van der Waals surface area contributed by atoms with Crippen molar-refractivity contribution in [3.05, 3.63) is 0 Å². The summed E-state index contributed by atoms with van der Waals surface area (Å²) in [4.78, 5) is 14.1. The number of nitrogens with one attached hydrogen (secondary N) is 1. The molecule has 1 heterocycles. The van der Waals surface area contributed by atoms with Crippen LogP contribution in [0.15, 0.2) is 0 Å². The van der Waals surface area contributed by atoms with Gasteiger partial charge in [0, 0.05) is 19.1 Å². The molecule has 1 amide bonds. The Balaban J connectivity index is 2.59. The summed E-state index contributed by atoms with van der Waals surface area (Å²) in [7, 11) is 1.93. The van der Waals surface area contributed by atoms with Crippen LogP contribution >= 0.6 is 0 Å². The van der Waals surface area contributed by atoms with Crippen molar-refractivity contribution in [3.63, 3.8) is 0 Å². The molecule has 15 heavy (non-hydrogen) atoms. The number of hydrogen-bond donors (Lipinski definition) is 1. The molecule has 0 saturated carbocycles. The topological polar surface area (TPSA) is 32.3 Å². The zero-order valence-electron chi connectivity index (χ0n) is 10.4. The summed E-state index contributed by atoms with van der Waals surface area (Å²) in [5, 5.41) is 3.40. The van der Waals surface area contributed by atoms with Gasteiger partial charge in [-0.25, -0.2) is 0 Å². The first-order valence-electron chi connectivity index (χ1n) is 6.11. The van der Waals surface area contributed by atoms with E-state index >= 15 is 0 Å². The second-order valence-electron chi connectivity index (χ2n) is 4.57. The van der Waals surface area contributed by atoms with E-state index < -0.39 is 0 Å². The Kier molecular flexibility index (Phi) is 4.58. The van der Waals surface area contributed by atoms with Gasteiger partial charge in [0.1, 0.15) is 0 Å². The highest BCUT2D eigenvalue weighted by molar-refractivity contribution is 5.80. The van der Waals surface area contributed by atoms with E-state index in [1.807, 2.05) is 11.9 Å². The summed E-state index contributed by atoms with van der Waals surface area (Å²) in [6.07, 6.45) is 3.07. The van der Waals surface area contributed by atoms with Crippen molar-refractivity contribution < 1.29 is 4.79 Å². The molecular weight excluding hydrogens is 188 g/mol. The first kappa shape index (κ1) is 12.5. The lowest BCUT2D eigenvalue weighted by Gasteiger charge is -2.28. The van der Waals surface area contributed by atoms with Crippen LogP contribution in [0.3, 0.4) is 0 Å². The number of rotatable bonds is 4. The molecule has 1 saturated heterocycles. The molecule has 3 heteroatoms. The van der Waals surface area contributed by atoms with Crippen molar-refractivity contribution in [1.29, 1.82) is 0 Å². The number of carbonyl (C=O) groups excluding carboxylic acids is 1. The van der Waals surface area contributed by atoms with E-state index in [0.717, 1.165) is 25.8 Å². The third-order valence-electron chi connectivity index (χ3n) is 3.70. The molecule has 0 aromatic heterocycles. The Morgan fingerprint density at radius 2 is 2.20 bits per heavy atom. The Bertz CT molecular complexity index is 218. The molecule has 1 N–H and O–H groups in total. The van der Waals surface area contributed by atoms with Crippen molar-refractivity contribution in [2.24, 2.45) is 5.92 Å². The molecule has 1 aliphatic heterocycles. The number of amides is 1. The zero-order valence-corrected chi connectivity index (χ0v) is 10.4. The molecule has 0 aromatic carbocycles. The molecule has 3 atom stereocenters. The van der Waals surface area contributed by atoms with Crippen LogP contribution in [0.5, 0.6) is 0 Å². The fraction of sp³-hybridized carbons (Fsp3) is 0.917. The van der Waals surface area contributed by atoms with Crippen LogP contribution in [0.2, 0.25) is 0 Å². The van der Waals surface area contributed by atoms with Gasteiger partial charge in [0.05, 0.1) is 5.92 Å². The fourth-order valence-corrected chi connectivity index (χ4v) is 2.24. The fourth-order valence-electron chi connectivity index (χ4n) is 2.24. The van der Waals surface area contributed by atoms with Gasteiger partial charge in [-0.05, 0) is 32.7 Å². The van der Waals surface area contributed by atoms with E-state index in [0.29, 0.717) is 18.0 Å². The Hall–Kier alpha value is -0.570. The minimum Gasteiger partial charge on any atom is -0.343 e. The molecule has 0 aromatic rings. The molecule has 1 fully saturated rings. The average molecular weight is 212 g/mol. The van der Waals surface area contributed by atoms with E-state index in [1.165, 1.54) is 0 Å². The van der Waals surface area contributed by atoms with Gasteiger partial charge in [0.15, 0.2) is 0 Å². The van der Waals surface area contributed by atoms with Crippen molar-refractivity contribution in [1.82, 2.24) is 10.2 Å². The van der Waals surface area contributed by atoms with Gasteiger partial charge in [-0.3, -0.25) is 4.79 Å². The van der Waals surface area contributed by atoms with E-state index in [1.54, 1.807) is 0 Å². The minimum absolute atomic E-state index is 0.203. The van der Waals surface area contributed by atoms with Crippen LogP contribution in [-0.4, -0.2) is 36.5 Å². The van der Waals surface area contributed by atoms with Crippen LogP contribution in [0, 0.1) is 5.92 Å². The normalized spacial score (nSPS) is 27.7. The molecule has 3 unspecified atom stereocenters. The van der Waals surface area contributed by atoms with Gasteiger partial charge in [0.2, 0.25) is 5.91 Å². The molecular formula is C12H24N2O. The highest BCUT2D eigenvalue weighted by Gasteiger charge is 2.33. The molecule has 88 valence electrons. The van der Waals surface area contributed by atoms with Crippen molar-refractivity contribution in [3.8, 4) is 0 Å². The lowest BCUT2D eigenvalue weighted by Crippen LogP contribution is -2.42. The molecule has 0 radical (unpaired) electrons. The molecule has 0 bridgehead atoms. The quantitative estimate of drug-likeness (QED) is 0.768. The minimum atomic E-state index is 0.203. The third kappa shape index (κ3) is 2.71. The van der Waals surface area contributed by atoms with E-state index in [4.69, 9.17) is 0 Å². The van der Waals surface area contributed by atoms with Gasteiger partial charge in [0.25, 0.3) is 0 Å². The standard InChI is InChI=1S/C12H24N2O/c1-5-9(3)14(4)12(15)10-7-8-13-11(10)6-2/h9-11,13H,5-8H2,1-4H3. The van der Waals surface area contributed by atoms with E-state index in [9.17, 15) is 4.79 Å². The first-order valence-corrected chi connectivity index (χ1v) is 6.11. The van der Waals surface area contributed by atoms with Crippen LogP contribution < -0.4 is 5.32 Å². The summed E-state index contributed by atoms with van der Waals surface area (Å²) in [6.45, 7) is 7.37. The van der Waals surface area contributed by atoms with Crippen molar-refractivity contribution >= 4 is 5.91 Å². The predicted molar refractivity (Wildman–Crippen MR) is 62.7 cm³/mol. The Morgan fingerprint density at radius 3 is 2.73 bits per heavy atom. The highest BCUT2D eigenvalue weighted by Crippen LogP contribution is 2.21. The van der Waals surface area contributed by atoms with Crippen LogP contribution in [-0.2, 0) is 4.79 Å². The predicted octanol–water partition coefficient (Wildman–Crippen LogP) is 1.63. The molecule has 3 nitrogen and oxygen atoms in total. The maximum atomic E-state index is 12.2. The Morgan fingerprint density at radius 1 is 1.53 bits per heavy atom. The third-order valence-corrected chi connectivity index (χ3v) is 3.70. The average Bonchev–Trinajstić information content (AvgIpc) is 2.73. The second kappa shape index (κ2) is 5.50. The van der Waals surface area contributed by atoms with Gasteiger partial charge >= 0.3 is 0 Å². The molecule has 0 aliphatic carbocycles. The zero-order chi connectivity index (χ0) is 11.4. The smallest absolute Gasteiger partial charge is 0.227 e. The highest BCUT2D eigenvalue weighted by atomic mass is 16.2. The van der Waals surface area contributed by atoms with Crippen molar-refractivity contribution in [2.45, 2.75) is 52.1 Å². The summed E-state index contributed by atoms with van der Waals surface area (Å²) < 4.78 is 0.